The van der Waals surface area contributed by atoms with Crippen molar-refractivity contribution < 1.29 is 13.9 Å². The Bertz CT molecular complexity index is 1310. The van der Waals surface area contributed by atoms with Crippen LogP contribution in [0.3, 0.4) is 0 Å². The number of hydrogen-bond donors (Lipinski definition) is 1. The first-order chi connectivity index (χ1) is 18.0. The summed E-state index contributed by atoms with van der Waals surface area (Å²) in [6.45, 7) is 3.28. The van der Waals surface area contributed by atoms with Gasteiger partial charge in [0.1, 0.15) is 29.9 Å². The van der Waals surface area contributed by atoms with Gasteiger partial charge in [0.15, 0.2) is 0 Å². The number of aliphatic hydroxyl groups is 1. The molecule has 1 N–H and O–H groups in total. The van der Waals surface area contributed by atoms with E-state index in [4.69, 9.17) is 0 Å². The van der Waals surface area contributed by atoms with Gasteiger partial charge < -0.3 is 5.11 Å². The maximum atomic E-state index is 15.0. The Morgan fingerprint density at radius 1 is 0.946 bits per heavy atom. The van der Waals surface area contributed by atoms with Crippen molar-refractivity contribution in [3.05, 3.63) is 125 Å². The number of hydrogen-bond acceptors (Lipinski definition) is 4. The molecule has 37 heavy (non-hydrogen) atoms. The first-order valence-electron chi connectivity index (χ1n) is 12.5. The predicted molar refractivity (Wildman–Crippen MR) is 139 cm³/mol. The van der Waals surface area contributed by atoms with E-state index in [1.165, 1.54) is 51.7 Å². The highest BCUT2D eigenvalue weighted by molar-refractivity contribution is 5.82. The fourth-order valence-corrected chi connectivity index (χ4v) is 5.36. The molecule has 5 rings (SSSR count). The normalized spacial score (nSPS) is 16.8. The Balaban J connectivity index is 1.45. The van der Waals surface area contributed by atoms with Crippen molar-refractivity contribution in [2.45, 2.75) is 38.0 Å². The lowest BCUT2D eigenvalue weighted by Crippen LogP contribution is -2.53. The van der Waals surface area contributed by atoms with E-state index in [9.17, 15) is 13.9 Å². The van der Waals surface area contributed by atoms with Crippen molar-refractivity contribution in [2.24, 2.45) is 0 Å². The molecule has 1 saturated heterocycles. The van der Waals surface area contributed by atoms with Crippen LogP contribution in [0.25, 0.3) is 5.57 Å². The molecule has 0 bridgehead atoms. The Hall–Kier alpha value is -3.68. The van der Waals surface area contributed by atoms with Crippen LogP contribution in [0.4, 0.5) is 8.78 Å². The SMILES string of the molecule is CC(N1CCC(=C(c2ccccc2)c2ccccc2)CC1)C(O)(Cn1cncn1)c1ccc(F)cc1F. The van der Waals surface area contributed by atoms with Gasteiger partial charge in [-0.15, -0.1) is 0 Å². The van der Waals surface area contributed by atoms with Gasteiger partial charge >= 0.3 is 0 Å². The van der Waals surface area contributed by atoms with E-state index in [0.29, 0.717) is 13.1 Å². The molecule has 7 heteroatoms. The molecule has 2 heterocycles. The minimum Gasteiger partial charge on any atom is -0.381 e. The molecular weight excluding hydrogens is 470 g/mol. The number of likely N-dealkylation sites (tertiary alicyclic amines) is 1. The van der Waals surface area contributed by atoms with Crippen LogP contribution in [-0.2, 0) is 12.1 Å². The van der Waals surface area contributed by atoms with E-state index < -0.39 is 23.3 Å². The highest BCUT2D eigenvalue weighted by atomic mass is 19.1. The van der Waals surface area contributed by atoms with Gasteiger partial charge in [0.05, 0.1) is 6.54 Å². The van der Waals surface area contributed by atoms with E-state index in [1.54, 1.807) is 0 Å². The zero-order chi connectivity index (χ0) is 25.8. The van der Waals surface area contributed by atoms with E-state index in [2.05, 4.69) is 63.5 Å². The van der Waals surface area contributed by atoms with E-state index in [0.717, 1.165) is 18.9 Å². The van der Waals surface area contributed by atoms with Crippen LogP contribution < -0.4 is 0 Å². The van der Waals surface area contributed by atoms with E-state index in [1.807, 2.05) is 19.1 Å². The van der Waals surface area contributed by atoms with Crippen LogP contribution in [0.2, 0.25) is 0 Å². The average Bonchev–Trinajstić information content (AvgIpc) is 3.43. The van der Waals surface area contributed by atoms with Crippen molar-refractivity contribution >= 4 is 5.57 Å². The summed E-state index contributed by atoms with van der Waals surface area (Å²) in [5.41, 5.74) is 3.37. The average molecular weight is 501 g/mol. The van der Waals surface area contributed by atoms with Crippen molar-refractivity contribution in [3.63, 3.8) is 0 Å². The Kier molecular flexibility index (Phi) is 7.26. The summed E-state index contributed by atoms with van der Waals surface area (Å²) < 4.78 is 30.2. The molecule has 1 aliphatic heterocycles. The zero-order valence-corrected chi connectivity index (χ0v) is 20.8. The molecule has 3 aromatic carbocycles. The Morgan fingerprint density at radius 3 is 2.11 bits per heavy atom. The number of benzene rings is 3. The molecule has 0 spiro atoms. The summed E-state index contributed by atoms with van der Waals surface area (Å²) in [4.78, 5) is 6.14. The summed E-state index contributed by atoms with van der Waals surface area (Å²) in [5, 5.41) is 16.1. The van der Waals surface area contributed by atoms with Crippen molar-refractivity contribution in [2.75, 3.05) is 13.1 Å². The van der Waals surface area contributed by atoms with Gasteiger partial charge in [0.25, 0.3) is 0 Å². The van der Waals surface area contributed by atoms with Gasteiger partial charge in [-0.3, -0.25) is 4.90 Å². The fourth-order valence-electron chi connectivity index (χ4n) is 5.36. The third-order valence-corrected chi connectivity index (χ3v) is 7.39. The summed E-state index contributed by atoms with van der Waals surface area (Å²) >= 11 is 0. The lowest BCUT2D eigenvalue weighted by molar-refractivity contribution is -0.0656. The van der Waals surface area contributed by atoms with Crippen LogP contribution in [0.1, 0.15) is 36.5 Å². The van der Waals surface area contributed by atoms with Crippen molar-refractivity contribution in [1.82, 2.24) is 19.7 Å². The lowest BCUT2D eigenvalue weighted by Gasteiger charge is -2.43. The minimum atomic E-state index is -1.64. The smallest absolute Gasteiger partial charge is 0.137 e. The number of piperidine rings is 1. The van der Waals surface area contributed by atoms with Crippen LogP contribution in [-0.4, -0.2) is 43.9 Å². The van der Waals surface area contributed by atoms with Gasteiger partial charge in [0, 0.05) is 30.8 Å². The fraction of sp³-hybridized carbons (Fsp3) is 0.267. The summed E-state index contributed by atoms with van der Waals surface area (Å²) in [5.74, 6) is -1.46. The summed E-state index contributed by atoms with van der Waals surface area (Å²) in [6, 6.07) is 23.7. The first kappa shape index (κ1) is 25.0. The van der Waals surface area contributed by atoms with Gasteiger partial charge in [0.2, 0.25) is 0 Å². The van der Waals surface area contributed by atoms with Gasteiger partial charge in [-0.2, -0.15) is 5.10 Å². The van der Waals surface area contributed by atoms with Crippen molar-refractivity contribution in [3.8, 4) is 0 Å². The summed E-state index contributed by atoms with van der Waals surface area (Å²) in [6.07, 6.45) is 4.49. The molecule has 1 fully saturated rings. The molecule has 5 nitrogen and oxygen atoms in total. The number of aromatic nitrogens is 3. The highest BCUT2D eigenvalue weighted by Gasteiger charge is 2.42. The third kappa shape index (κ3) is 5.24. The largest absolute Gasteiger partial charge is 0.381 e. The van der Waals surface area contributed by atoms with Crippen LogP contribution in [0, 0.1) is 11.6 Å². The minimum absolute atomic E-state index is 0.00477. The molecule has 1 aromatic heterocycles. The second-order valence-corrected chi connectivity index (χ2v) is 9.56. The summed E-state index contributed by atoms with van der Waals surface area (Å²) in [7, 11) is 0. The lowest BCUT2D eigenvalue weighted by atomic mass is 9.83. The van der Waals surface area contributed by atoms with Crippen LogP contribution >= 0.6 is 0 Å². The van der Waals surface area contributed by atoms with E-state index >= 15 is 0 Å². The second kappa shape index (κ2) is 10.7. The molecule has 0 radical (unpaired) electrons. The molecule has 1 aliphatic rings. The predicted octanol–water partition coefficient (Wildman–Crippen LogP) is 5.43. The monoisotopic (exact) mass is 500 g/mol. The van der Waals surface area contributed by atoms with Gasteiger partial charge in [-0.05, 0) is 42.5 Å². The highest BCUT2D eigenvalue weighted by Crippen LogP contribution is 2.37. The van der Waals surface area contributed by atoms with Crippen LogP contribution in [0.5, 0.6) is 0 Å². The molecule has 190 valence electrons. The maximum absolute atomic E-state index is 15.0. The standard InChI is InChI=1S/C30H30F2N4O/c1-22(30(37,19-36-21-33-20-34-36)27-13-12-26(31)18-28(27)32)35-16-14-25(15-17-35)29(23-8-4-2-5-9-23)24-10-6-3-7-11-24/h2-13,18,20-22,37H,14-17,19H2,1H3. The van der Waals surface area contributed by atoms with Gasteiger partial charge in [-0.25, -0.2) is 18.4 Å². The van der Waals surface area contributed by atoms with Crippen molar-refractivity contribution in [1.29, 1.82) is 0 Å². The maximum Gasteiger partial charge on any atom is 0.137 e. The molecule has 4 aromatic rings. The molecule has 2 unspecified atom stereocenters. The Labute approximate surface area is 215 Å². The number of nitrogens with zero attached hydrogens (tertiary/aromatic N) is 4. The Morgan fingerprint density at radius 2 is 1.57 bits per heavy atom. The molecule has 0 aliphatic carbocycles. The molecule has 0 saturated carbocycles. The first-order valence-corrected chi connectivity index (χ1v) is 12.5. The van der Waals surface area contributed by atoms with Gasteiger partial charge in [-0.1, -0.05) is 72.3 Å². The number of halogens is 2. The molecular formula is C30H30F2N4O. The third-order valence-electron chi connectivity index (χ3n) is 7.39. The van der Waals surface area contributed by atoms with Crippen LogP contribution in [0.15, 0.2) is 97.1 Å². The number of rotatable bonds is 7. The van der Waals surface area contributed by atoms with E-state index in [-0.39, 0.29) is 12.1 Å². The molecule has 2 atom stereocenters. The second-order valence-electron chi connectivity index (χ2n) is 9.56. The topological polar surface area (TPSA) is 54.2 Å². The zero-order valence-electron chi connectivity index (χ0n) is 20.8. The quantitative estimate of drug-likeness (QED) is 0.368. The molecule has 0 amide bonds.